The molecule has 2 heterocycles. The number of anilines is 1. The first-order valence-corrected chi connectivity index (χ1v) is 10.8. The second-order valence-corrected chi connectivity index (χ2v) is 9.14. The van der Waals surface area contributed by atoms with E-state index < -0.39 is 0 Å². The number of fused-ring (bicyclic) bond motifs is 2. The van der Waals surface area contributed by atoms with Crippen LogP contribution in [0, 0.1) is 13.8 Å². The summed E-state index contributed by atoms with van der Waals surface area (Å²) in [5.74, 6) is -0.0866. The number of hydrogen-bond donors (Lipinski definition) is 0. The van der Waals surface area contributed by atoms with Crippen molar-refractivity contribution in [3.8, 4) is 0 Å². The third kappa shape index (κ3) is 4.28. The van der Waals surface area contributed by atoms with Gasteiger partial charge in [-0.05, 0) is 57.3 Å². The summed E-state index contributed by atoms with van der Waals surface area (Å²) in [5.41, 5.74) is 4.22. The molecule has 0 aliphatic carbocycles. The summed E-state index contributed by atoms with van der Waals surface area (Å²) in [6.45, 7) is 5.49. The van der Waals surface area contributed by atoms with Crippen LogP contribution in [0.25, 0.3) is 20.4 Å². The van der Waals surface area contributed by atoms with Gasteiger partial charge in [-0.2, -0.15) is 0 Å². The third-order valence-corrected chi connectivity index (χ3v) is 6.87. The van der Waals surface area contributed by atoms with Crippen molar-refractivity contribution in [3.63, 3.8) is 0 Å². The van der Waals surface area contributed by atoms with Crippen molar-refractivity contribution in [2.24, 2.45) is 0 Å². The summed E-state index contributed by atoms with van der Waals surface area (Å²) in [7, 11) is 4.01. The van der Waals surface area contributed by atoms with E-state index in [9.17, 15) is 4.79 Å². The molecule has 5 nitrogen and oxygen atoms in total. The number of nitrogens with zero attached hydrogens (tertiary/aromatic N) is 4. The Morgan fingerprint density at radius 1 is 0.966 bits per heavy atom. The van der Waals surface area contributed by atoms with Crippen LogP contribution in [0.15, 0.2) is 36.4 Å². The number of para-hydroxylation sites is 1. The smallest absolute Gasteiger partial charge is 0.289 e. The molecule has 8 heteroatoms. The molecule has 2 aromatic heterocycles. The zero-order valence-corrected chi connectivity index (χ0v) is 19.2. The highest BCUT2D eigenvalue weighted by atomic mass is 35.5. The second-order valence-electron chi connectivity index (χ2n) is 7.10. The van der Waals surface area contributed by atoms with Crippen LogP contribution >= 0.6 is 35.1 Å². The van der Waals surface area contributed by atoms with Gasteiger partial charge in [-0.25, -0.2) is 9.97 Å². The van der Waals surface area contributed by atoms with Gasteiger partial charge in [-0.3, -0.25) is 9.69 Å². The fourth-order valence-corrected chi connectivity index (χ4v) is 4.96. The molecular weight excluding hydrogens is 424 g/mol. The zero-order chi connectivity index (χ0) is 19.8. The van der Waals surface area contributed by atoms with E-state index in [1.807, 2.05) is 38.4 Å². The van der Waals surface area contributed by atoms with Crippen LogP contribution in [0.2, 0.25) is 0 Å². The maximum atomic E-state index is 13.4. The standard InChI is InChI=1S/C21H22N4OS2.ClH/c1-13-9-10-17-18(14(13)2)23-21(28-17)25(12-11-24(3)4)20(26)19-22-15-7-5-6-8-16(15)27-19;/h5-10H,11-12H2,1-4H3;1H. The number of rotatable bonds is 5. The predicted octanol–water partition coefficient (Wildman–Crippen LogP) is 5.15. The van der Waals surface area contributed by atoms with Crippen LogP contribution < -0.4 is 4.90 Å². The molecule has 152 valence electrons. The molecule has 0 unspecified atom stereocenters. The van der Waals surface area contributed by atoms with E-state index in [0.29, 0.717) is 11.6 Å². The molecule has 0 fully saturated rings. The summed E-state index contributed by atoms with van der Waals surface area (Å²) in [5, 5.41) is 1.24. The quantitative estimate of drug-likeness (QED) is 0.425. The van der Waals surface area contributed by atoms with Gasteiger partial charge in [0.25, 0.3) is 5.91 Å². The first kappa shape index (κ1) is 21.6. The molecule has 0 aliphatic heterocycles. The van der Waals surface area contributed by atoms with Crippen molar-refractivity contribution in [2.75, 3.05) is 32.1 Å². The monoisotopic (exact) mass is 446 g/mol. The molecule has 0 atom stereocenters. The summed E-state index contributed by atoms with van der Waals surface area (Å²) in [6, 6.07) is 12.1. The second kappa shape index (κ2) is 8.75. The van der Waals surface area contributed by atoms with Crippen molar-refractivity contribution in [3.05, 3.63) is 52.5 Å². The highest BCUT2D eigenvalue weighted by Gasteiger charge is 2.24. The number of aromatic nitrogens is 2. The highest BCUT2D eigenvalue weighted by Crippen LogP contribution is 2.33. The summed E-state index contributed by atoms with van der Waals surface area (Å²) in [4.78, 5) is 26.6. The topological polar surface area (TPSA) is 49.3 Å². The number of halogens is 1. The third-order valence-electron chi connectivity index (χ3n) is 4.80. The van der Waals surface area contributed by atoms with Crippen molar-refractivity contribution in [1.29, 1.82) is 0 Å². The molecular formula is C21H23ClN4OS2. The fourth-order valence-electron chi connectivity index (χ4n) is 2.99. The number of amides is 1. The van der Waals surface area contributed by atoms with Crippen LogP contribution in [-0.2, 0) is 0 Å². The summed E-state index contributed by atoms with van der Waals surface area (Å²) >= 11 is 3.00. The molecule has 0 radical (unpaired) electrons. The number of benzene rings is 2. The average Bonchev–Trinajstić information content (AvgIpc) is 3.29. The Kier molecular flexibility index (Phi) is 6.53. The van der Waals surface area contributed by atoms with Crippen LogP contribution in [0.1, 0.15) is 20.9 Å². The number of thiazole rings is 2. The molecule has 0 saturated carbocycles. The SMILES string of the molecule is Cc1ccc2sc(N(CCN(C)C)C(=O)c3nc4ccccc4s3)nc2c1C.Cl. The van der Waals surface area contributed by atoms with Gasteiger partial charge >= 0.3 is 0 Å². The summed E-state index contributed by atoms with van der Waals surface area (Å²) in [6.07, 6.45) is 0. The number of carbonyl (C=O) groups excluding carboxylic acids is 1. The summed E-state index contributed by atoms with van der Waals surface area (Å²) < 4.78 is 2.12. The van der Waals surface area contributed by atoms with Gasteiger partial charge in [0.2, 0.25) is 0 Å². The van der Waals surface area contributed by atoms with Crippen LogP contribution in [-0.4, -0.2) is 48.0 Å². The van der Waals surface area contributed by atoms with E-state index in [4.69, 9.17) is 4.98 Å². The minimum atomic E-state index is -0.0866. The van der Waals surface area contributed by atoms with Gasteiger partial charge in [0.15, 0.2) is 10.1 Å². The normalized spacial score (nSPS) is 11.2. The first-order chi connectivity index (χ1) is 13.4. The van der Waals surface area contributed by atoms with E-state index in [-0.39, 0.29) is 18.3 Å². The van der Waals surface area contributed by atoms with Gasteiger partial charge in [0.1, 0.15) is 0 Å². The van der Waals surface area contributed by atoms with Gasteiger partial charge in [-0.1, -0.05) is 29.5 Å². The van der Waals surface area contributed by atoms with Gasteiger partial charge in [0.05, 0.1) is 20.4 Å². The molecule has 0 N–H and O–H groups in total. The van der Waals surface area contributed by atoms with Gasteiger partial charge in [-0.15, -0.1) is 23.7 Å². The Bertz CT molecular complexity index is 1140. The van der Waals surface area contributed by atoms with Crippen LogP contribution in [0.5, 0.6) is 0 Å². The number of carbonyl (C=O) groups is 1. The first-order valence-electron chi connectivity index (χ1n) is 9.13. The van der Waals surface area contributed by atoms with E-state index >= 15 is 0 Å². The van der Waals surface area contributed by atoms with Crippen molar-refractivity contribution < 1.29 is 4.79 Å². The van der Waals surface area contributed by atoms with Crippen LogP contribution in [0.3, 0.4) is 0 Å². The van der Waals surface area contributed by atoms with Crippen molar-refractivity contribution in [2.45, 2.75) is 13.8 Å². The molecule has 1 amide bonds. The molecule has 0 aliphatic rings. The maximum absolute atomic E-state index is 13.4. The van der Waals surface area contributed by atoms with E-state index in [1.165, 1.54) is 22.5 Å². The minimum Gasteiger partial charge on any atom is -0.308 e. The molecule has 0 saturated heterocycles. The Balaban J connectivity index is 0.00000240. The Labute approximate surface area is 184 Å². The lowest BCUT2D eigenvalue weighted by molar-refractivity contribution is 0.0985. The lowest BCUT2D eigenvalue weighted by Crippen LogP contribution is -2.36. The molecule has 2 aromatic carbocycles. The van der Waals surface area contributed by atoms with Gasteiger partial charge < -0.3 is 4.90 Å². The van der Waals surface area contributed by atoms with Gasteiger partial charge in [0, 0.05) is 13.1 Å². The zero-order valence-electron chi connectivity index (χ0n) is 16.8. The minimum absolute atomic E-state index is 0. The van der Waals surface area contributed by atoms with Crippen molar-refractivity contribution in [1.82, 2.24) is 14.9 Å². The molecule has 4 rings (SSSR count). The largest absolute Gasteiger partial charge is 0.308 e. The van der Waals surface area contributed by atoms with E-state index in [1.54, 1.807) is 16.2 Å². The predicted molar refractivity (Wildman–Crippen MR) is 126 cm³/mol. The molecule has 0 spiro atoms. The lowest BCUT2D eigenvalue weighted by Gasteiger charge is -2.20. The highest BCUT2D eigenvalue weighted by molar-refractivity contribution is 7.23. The Morgan fingerprint density at radius 3 is 2.45 bits per heavy atom. The maximum Gasteiger partial charge on any atom is 0.289 e. The average molecular weight is 447 g/mol. The molecule has 4 aromatic rings. The number of aryl methyl sites for hydroxylation is 2. The fraction of sp³-hybridized carbons (Fsp3) is 0.286. The van der Waals surface area contributed by atoms with E-state index in [0.717, 1.165) is 32.1 Å². The Morgan fingerprint density at radius 2 is 1.72 bits per heavy atom. The van der Waals surface area contributed by atoms with E-state index in [2.05, 4.69) is 35.9 Å². The Hall–Kier alpha value is -2.06. The van der Waals surface area contributed by atoms with Crippen molar-refractivity contribution >= 4 is 66.6 Å². The lowest BCUT2D eigenvalue weighted by atomic mass is 10.1. The molecule has 0 bridgehead atoms. The molecule has 29 heavy (non-hydrogen) atoms. The number of hydrogen-bond acceptors (Lipinski definition) is 6. The van der Waals surface area contributed by atoms with Crippen LogP contribution in [0.4, 0.5) is 5.13 Å². The number of likely N-dealkylation sites (N-methyl/N-ethyl adjacent to an activating group) is 1.